The van der Waals surface area contributed by atoms with Crippen molar-refractivity contribution in [3.63, 3.8) is 0 Å². The Bertz CT molecular complexity index is 38.5. The molecule has 0 amide bonds. The molecular weight excluding hydrogens is 113 g/mol. The molecule has 0 aliphatic carbocycles. The molecule has 0 aromatic carbocycles. The summed E-state index contributed by atoms with van der Waals surface area (Å²) in [4.78, 5) is 0. The maximum atomic E-state index is 10.7. The first kappa shape index (κ1) is 6.14. The topological polar surface area (TPSA) is 0 Å². The second-order valence-corrected chi connectivity index (χ2v) is 0.929. The summed E-state index contributed by atoms with van der Waals surface area (Å²) >= 11 is 2.85. The third-order valence-corrected chi connectivity index (χ3v) is 0.439. The first-order valence-corrected chi connectivity index (χ1v) is 1.63. The second kappa shape index (κ2) is 1.73. The maximum Gasteiger partial charge on any atom is 0.401 e. The van der Waals surface area contributed by atoms with E-state index in [-0.39, 0.29) is 5.75 Å². The Labute approximate surface area is 38.8 Å². The zero-order chi connectivity index (χ0) is 5.21. The highest BCUT2D eigenvalue weighted by Gasteiger charge is 2.24. The quantitative estimate of drug-likeness (QED) is 0.456. The lowest BCUT2D eigenvalue weighted by molar-refractivity contribution is -0.0868. The Kier molecular flexibility index (Phi) is 1.77. The Morgan fingerprint density at radius 1 is 1.33 bits per heavy atom. The van der Waals surface area contributed by atoms with Gasteiger partial charge in [0.1, 0.15) is 5.75 Å². The number of hydrogen-bond acceptors (Lipinski definition) is 1. The molecule has 6 heavy (non-hydrogen) atoms. The zero-order valence-electron chi connectivity index (χ0n) is 2.66. The van der Waals surface area contributed by atoms with Gasteiger partial charge in [0.15, 0.2) is 0 Å². The molecule has 0 atom stereocenters. The van der Waals surface area contributed by atoms with E-state index in [9.17, 15) is 13.2 Å². The first-order chi connectivity index (χ1) is 2.56. The standard InChI is InChI=1S/C2H2F3S/c3-2(4,5)1-6/h1,6H. The summed E-state index contributed by atoms with van der Waals surface area (Å²) in [5.41, 5.74) is 0. The summed E-state index contributed by atoms with van der Waals surface area (Å²) in [5.74, 6) is -0.118. The SMILES string of the molecule is FC(F)(F)[CH]S. The van der Waals surface area contributed by atoms with Crippen LogP contribution in [-0.2, 0) is 0 Å². The van der Waals surface area contributed by atoms with E-state index in [1.807, 2.05) is 0 Å². The summed E-state index contributed by atoms with van der Waals surface area (Å²) in [6.07, 6.45) is -4.22. The largest absolute Gasteiger partial charge is 0.401 e. The summed E-state index contributed by atoms with van der Waals surface area (Å²) in [7, 11) is 0. The molecule has 0 heterocycles. The fourth-order valence-corrected chi connectivity index (χ4v) is 0. The molecule has 0 aromatic heterocycles. The van der Waals surface area contributed by atoms with Gasteiger partial charge in [-0.2, -0.15) is 25.8 Å². The normalized spacial score (nSPS) is 12.0. The van der Waals surface area contributed by atoms with Crippen molar-refractivity contribution < 1.29 is 13.2 Å². The molecule has 0 spiro atoms. The van der Waals surface area contributed by atoms with Crippen LogP contribution in [0.2, 0.25) is 0 Å². The molecular formula is C2H2F3S. The summed E-state index contributed by atoms with van der Waals surface area (Å²) in [5, 5.41) is 0. The van der Waals surface area contributed by atoms with E-state index in [0.29, 0.717) is 0 Å². The van der Waals surface area contributed by atoms with Crippen molar-refractivity contribution in [1.82, 2.24) is 0 Å². The first-order valence-electron chi connectivity index (χ1n) is 1.11. The van der Waals surface area contributed by atoms with Crippen LogP contribution in [-0.4, -0.2) is 6.18 Å². The van der Waals surface area contributed by atoms with Gasteiger partial charge in [0.25, 0.3) is 0 Å². The lowest BCUT2D eigenvalue weighted by Gasteiger charge is -1.95. The molecule has 0 fully saturated rings. The van der Waals surface area contributed by atoms with Gasteiger partial charge in [0.2, 0.25) is 0 Å². The van der Waals surface area contributed by atoms with Gasteiger partial charge in [-0.15, -0.1) is 0 Å². The molecule has 4 heteroatoms. The molecule has 1 radical (unpaired) electrons. The molecule has 0 aliphatic rings. The van der Waals surface area contributed by atoms with Gasteiger partial charge in [-0.05, 0) is 0 Å². The number of thiol groups is 1. The Morgan fingerprint density at radius 3 is 1.50 bits per heavy atom. The third-order valence-electron chi connectivity index (χ3n) is 0.146. The van der Waals surface area contributed by atoms with Gasteiger partial charge in [0.05, 0.1) is 0 Å². The molecule has 0 saturated carbocycles. The van der Waals surface area contributed by atoms with Gasteiger partial charge in [-0.25, -0.2) is 0 Å². The molecule has 0 aliphatic heterocycles. The fraction of sp³-hybridized carbons (Fsp3) is 0.500. The van der Waals surface area contributed by atoms with Crippen LogP contribution in [0.3, 0.4) is 0 Å². The lowest BCUT2D eigenvalue weighted by atomic mass is 10.8. The molecule has 0 saturated heterocycles. The minimum Gasteiger partial charge on any atom is -0.170 e. The van der Waals surface area contributed by atoms with Crippen molar-refractivity contribution in [1.29, 1.82) is 0 Å². The smallest absolute Gasteiger partial charge is 0.170 e. The monoisotopic (exact) mass is 115 g/mol. The van der Waals surface area contributed by atoms with Gasteiger partial charge in [-0.3, -0.25) is 0 Å². The predicted molar refractivity (Wildman–Crippen MR) is 19.3 cm³/mol. The van der Waals surface area contributed by atoms with E-state index in [4.69, 9.17) is 0 Å². The van der Waals surface area contributed by atoms with Crippen LogP contribution in [0.15, 0.2) is 0 Å². The van der Waals surface area contributed by atoms with E-state index in [1.165, 1.54) is 0 Å². The van der Waals surface area contributed by atoms with E-state index in [1.54, 1.807) is 0 Å². The molecule has 0 aromatic rings. The van der Waals surface area contributed by atoms with E-state index < -0.39 is 6.18 Å². The highest BCUT2D eigenvalue weighted by Crippen LogP contribution is 2.19. The van der Waals surface area contributed by atoms with E-state index in [0.717, 1.165) is 0 Å². The number of halogens is 3. The third kappa shape index (κ3) is 4.14. The van der Waals surface area contributed by atoms with Gasteiger partial charge < -0.3 is 0 Å². The van der Waals surface area contributed by atoms with Crippen LogP contribution >= 0.6 is 12.6 Å². The van der Waals surface area contributed by atoms with Crippen LogP contribution < -0.4 is 0 Å². The van der Waals surface area contributed by atoms with Crippen molar-refractivity contribution in [3.8, 4) is 0 Å². The van der Waals surface area contributed by atoms with Crippen LogP contribution in [0.1, 0.15) is 0 Å². The zero-order valence-corrected chi connectivity index (χ0v) is 3.55. The number of rotatable bonds is 0. The maximum absolute atomic E-state index is 10.7. The lowest BCUT2D eigenvalue weighted by Crippen LogP contribution is -2.02. The van der Waals surface area contributed by atoms with Crippen molar-refractivity contribution in [2.75, 3.05) is 0 Å². The summed E-state index contributed by atoms with van der Waals surface area (Å²) < 4.78 is 32.0. The minimum atomic E-state index is -4.22. The molecule has 0 nitrogen and oxygen atoms in total. The highest BCUT2D eigenvalue weighted by atomic mass is 32.1. The van der Waals surface area contributed by atoms with Crippen molar-refractivity contribution in [2.24, 2.45) is 0 Å². The number of alkyl halides is 3. The van der Waals surface area contributed by atoms with Crippen LogP contribution in [0, 0.1) is 5.75 Å². The van der Waals surface area contributed by atoms with Crippen molar-refractivity contribution >= 4 is 12.6 Å². The summed E-state index contributed by atoms with van der Waals surface area (Å²) in [6.45, 7) is 0. The van der Waals surface area contributed by atoms with Gasteiger partial charge >= 0.3 is 6.18 Å². The second-order valence-electron chi connectivity index (χ2n) is 0.671. The Morgan fingerprint density at radius 2 is 1.50 bits per heavy atom. The molecule has 37 valence electrons. The van der Waals surface area contributed by atoms with Crippen molar-refractivity contribution in [2.45, 2.75) is 6.18 Å². The fourth-order valence-electron chi connectivity index (χ4n) is 0. The highest BCUT2D eigenvalue weighted by molar-refractivity contribution is 7.82. The molecule has 0 N–H and O–H groups in total. The Hall–Kier alpha value is 0.140. The molecule has 0 rings (SSSR count). The minimum absolute atomic E-state index is 0.118. The molecule has 0 unspecified atom stereocenters. The van der Waals surface area contributed by atoms with Crippen LogP contribution in [0.5, 0.6) is 0 Å². The van der Waals surface area contributed by atoms with E-state index >= 15 is 0 Å². The average Bonchev–Trinajstić information content (AvgIpc) is 1.35. The molecule has 0 bridgehead atoms. The van der Waals surface area contributed by atoms with Gasteiger partial charge in [-0.1, -0.05) is 0 Å². The van der Waals surface area contributed by atoms with Crippen LogP contribution in [0.25, 0.3) is 0 Å². The van der Waals surface area contributed by atoms with Crippen LogP contribution in [0.4, 0.5) is 13.2 Å². The van der Waals surface area contributed by atoms with Crippen molar-refractivity contribution in [3.05, 3.63) is 5.75 Å². The Balaban J connectivity index is 3.17. The van der Waals surface area contributed by atoms with Gasteiger partial charge in [0, 0.05) is 0 Å². The van der Waals surface area contributed by atoms with E-state index in [2.05, 4.69) is 12.6 Å². The average molecular weight is 115 g/mol. The number of hydrogen-bond donors (Lipinski definition) is 1. The predicted octanol–water partition coefficient (Wildman–Crippen LogP) is 1.64. The summed E-state index contributed by atoms with van der Waals surface area (Å²) in [6, 6.07) is 0.